The quantitative estimate of drug-likeness (QED) is 0.725. The van der Waals surface area contributed by atoms with Crippen molar-refractivity contribution in [1.82, 2.24) is 19.3 Å². The number of hydrogen-bond donors (Lipinski definition) is 1. The summed E-state index contributed by atoms with van der Waals surface area (Å²) in [5, 5.41) is 4.38. The van der Waals surface area contributed by atoms with Crippen LogP contribution in [-0.4, -0.2) is 19.3 Å². The van der Waals surface area contributed by atoms with E-state index in [1.54, 1.807) is 10.9 Å². The van der Waals surface area contributed by atoms with Gasteiger partial charge in [0.1, 0.15) is 5.82 Å². The van der Waals surface area contributed by atoms with Gasteiger partial charge < -0.3 is 10.3 Å². The summed E-state index contributed by atoms with van der Waals surface area (Å²) in [6, 6.07) is 9.74. The standard InChI is InChI=1S/C14H15N5/c1-18-7-5-13(17-18)10-19-8-6-16-14(19)11-3-2-4-12(15)9-11/h2-9H,10,15H2,1H3. The van der Waals surface area contributed by atoms with Crippen LogP contribution in [0.4, 0.5) is 5.69 Å². The molecule has 2 heterocycles. The smallest absolute Gasteiger partial charge is 0.140 e. The van der Waals surface area contributed by atoms with E-state index in [-0.39, 0.29) is 0 Å². The highest BCUT2D eigenvalue weighted by atomic mass is 15.3. The zero-order chi connectivity index (χ0) is 13.2. The van der Waals surface area contributed by atoms with E-state index in [9.17, 15) is 0 Å². The molecule has 0 saturated carbocycles. The van der Waals surface area contributed by atoms with Crippen LogP contribution in [0.3, 0.4) is 0 Å². The fourth-order valence-electron chi connectivity index (χ4n) is 2.10. The Hall–Kier alpha value is -2.56. The zero-order valence-electron chi connectivity index (χ0n) is 10.7. The van der Waals surface area contributed by atoms with E-state index >= 15 is 0 Å². The third-order valence-electron chi connectivity index (χ3n) is 2.96. The predicted octanol–water partition coefficient (Wildman–Crippen LogP) is 1.91. The van der Waals surface area contributed by atoms with E-state index in [1.807, 2.05) is 49.8 Å². The third-order valence-corrected chi connectivity index (χ3v) is 2.96. The van der Waals surface area contributed by atoms with Gasteiger partial charge in [-0.3, -0.25) is 4.68 Å². The number of imidazole rings is 1. The Morgan fingerprint density at radius 1 is 1.21 bits per heavy atom. The van der Waals surface area contributed by atoms with Crippen molar-refractivity contribution in [2.24, 2.45) is 7.05 Å². The minimum absolute atomic E-state index is 0.699. The summed E-state index contributed by atoms with van der Waals surface area (Å²) in [4.78, 5) is 4.40. The van der Waals surface area contributed by atoms with E-state index in [0.29, 0.717) is 6.54 Å². The molecule has 3 aromatic rings. The van der Waals surface area contributed by atoms with E-state index in [0.717, 1.165) is 22.8 Å². The van der Waals surface area contributed by atoms with Gasteiger partial charge in [-0.25, -0.2) is 4.98 Å². The minimum atomic E-state index is 0.699. The number of aryl methyl sites for hydroxylation is 1. The molecule has 0 amide bonds. The molecule has 2 aromatic heterocycles. The molecule has 0 unspecified atom stereocenters. The Bertz CT molecular complexity index is 695. The molecule has 2 N–H and O–H groups in total. The lowest BCUT2D eigenvalue weighted by Gasteiger charge is -2.06. The van der Waals surface area contributed by atoms with Gasteiger partial charge in [-0.1, -0.05) is 12.1 Å². The fourth-order valence-corrected chi connectivity index (χ4v) is 2.10. The first-order valence-electron chi connectivity index (χ1n) is 6.08. The van der Waals surface area contributed by atoms with Crippen molar-refractivity contribution in [1.29, 1.82) is 0 Å². The number of nitrogens with zero attached hydrogens (tertiary/aromatic N) is 4. The Balaban J connectivity index is 1.94. The molecule has 0 fully saturated rings. The average Bonchev–Trinajstić information content (AvgIpc) is 2.99. The molecule has 3 rings (SSSR count). The molecule has 0 aliphatic heterocycles. The topological polar surface area (TPSA) is 61.7 Å². The van der Waals surface area contributed by atoms with Crippen LogP contribution in [0, 0.1) is 0 Å². The largest absolute Gasteiger partial charge is 0.399 e. The van der Waals surface area contributed by atoms with E-state index < -0.39 is 0 Å². The van der Waals surface area contributed by atoms with Crippen molar-refractivity contribution < 1.29 is 0 Å². The number of anilines is 1. The molecule has 0 saturated heterocycles. The first kappa shape index (κ1) is 11.5. The van der Waals surface area contributed by atoms with Gasteiger partial charge in [-0.15, -0.1) is 0 Å². The summed E-state index contributed by atoms with van der Waals surface area (Å²) in [6.45, 7) is 0.699. The maximum atomic E-state index is 5.82. The first-order valence-corrected chi connectivity index (χ1v) is 6.08. The third kappa shape index (κ3) is 2.35. The second-order valence-corrected chi connectivity index (χ2v) is 4.48. The Kier molecular flexibility index (Phi) is 2.79. The van der Waals surface area contributed by atoms with Crippen molar-refractivity contribution in [3.63, 3.8) is 0 Å². The molecule has 0 radical (unpaired) electrons. The molecule has 0 spiro atoms. The molecule has 0 bridgehead atoms. The second kappa shape index (κ2) is 4.61. The summed E-state index contributed by atoms with van der Waals surface area (Å²) < 4.78 is 3.86. The molecule has 1 aromatic carbocycles. The summed E-state index contributed by atoms with van der Waals surface area (Å²) in [6.07, 6.45) is 5.68. The van der Waals surface area contributed by atoms with Gasteiger partial charge >= 0.3 is 0 Å². The summed E-state index contributed by atoms with van der Waals surface area (Å²) in [7, 11) is 1.91. The molecule has 0 aliphatic carbocycles. The van der Waals surface area contributed by atoms with Crippen LogP contribution in [0.15, 0.2) is 48.9 Å². The van der Waals surface area contributed by atoms with Crippen LogP contribution in [0.1, 0.15) is 5.69 Å². The van der Waals surface area contributed by atoms with Crippen molar-refractivity contribution in [2.45, 2.75) is 6.54 Å². The molecule has 0 atom stereocenters. The molecule has 5 heteroatoms. The van der Waals surface area contributed by atoms with Crippen LogP contribution in [0.25, 0.3) is 11.4 Å². The summed E-state index contributed by atoms with van der Waals surface area (Å²) >= 11 is 0. The van der Waals surface area contributed by atoms with Gasteiger partial charge in [0.15, 0.2) is 0 Å². The Morgan fingerprint density at radius 3 is 2.84 bits per heavy atom. The molecule has 5 nitrogen and oxygen atoms in total. The summed E-state index contributed by atoms with van der Waals surface area (Å²) in [5.41, 5.74) is 8.58. The van der Waals surface area contributed by atoms with Gasteiger partial charge in [0.25, 0.3) is 0 Å². The van der Waals surface area contributed by atoms with Crippen molar-refractivity contribution >= 4 is 5.69 Å². The molecule has 0 aliphatic rings. The number of nitrogens with two attached hydrogens (primary N) is 1. The number of benzene rings is 1. The van der Waals surface area contributed by atoms with Crippen LogP contribution in [-0.2, 0) is 13.6 Å². The molecule has 19 heavy (non-hydrogen) atoms. The van der Waals surface area contributed by atoms with Gasteiger partial charge in [0.05, 0.1) is 12.2 Å². The van der Waals surface area contributed by atoms with E-state index in [2.05, 4.69) is 14.6 Å². The number of rotatable bonds is 3. The number of nitrogen functional groups attached to an aromatic ring is 1. The predicted molar refractivity (Wildman–Crippen MR) is 74.4 cm³/mol. The average molecular weight is 253 g/mol. The lowest BCUT2D eigenvalue weighted by Crippen LogP contribution is -2.02. The van der Waals surface area contributed by atoms with Gasteiger partial charge in [0, 0.05) is 36.9 Å². The number of hydrogen-bond acceptors (Lipinski definition) is 3. The maximum absolute atomic E-state index is 5.82. The fraction of sp³-hybridized carbons (Fsp3) is 0.143. The minimum Gasteiger partial charge on any atom is -0.399 e. The van der Waals surface area contributed by atoms with Gasteiger partial charge in [-0.2, -0.15) is 5.10 Å². The normalized spacial score (nSPS) is 10.8. The zero-order valence-corrected chi connectivity index (χ0v) is 10.7. The van der Waals surface area contributed by atoms with Crippen molar-refractivity contribution in [3.8, 4) is 11.4 Å². The van der Waals surface area contributed by atoms with Gasteiger partial charge in [-0.05, 0) is 18.2 Å². The molecular weight excluding hydrogens is 238 g/mol. The van der Waals surface area contributed by atoms with E-state index in [1.165, 1.54) is 0 Å². The highest BCUT2D eigenvalue weighted by molar-refractivity contribution is 5.61. The highest BCUT2D eigenvalue weighted by Gasteiger charge is 2.07. The maximum Gasteiger partial charge on any atom is 0.140 e. The SMILES string of the molecule is Cn1ccc(Cn2ccnc2-c2cccc(N)c2)n1. The first-order chi connectivity index (χ1) is 9.22. The Morgan fingerprint density at radius 2 is 2.11 bits per heavy atom. The highest BCUT2D eigenvalue weighted by Crippen LogP contribution is 2.20. The van der Waals surface area contributed by atoms with Crippen LogP contribution in [0.2, 0.25) is 0 Å². The lowest BCUT2D eigenvalue weighted by molar-refractivity contribution is 0.709. The van der Waals surface area contributed by atoms with E-state index in [4.69, 9.17) is 5.73 Å². The Labute approximate surface area is 111 Å². The van der Waals surface area contributed by atoms with Crippen LogP contribution >= 0.6 is 0 Å². The summed E-state index contributed by atoms with van der Waals surface area (Å²) in [5.74, 6) is 0.901. The monoisotopic (exact) mass is 253 g/mol. The van der Waals surface area contributed by atoms with Crippen LogP contribution < -0.4 is 5.73 Å². The number of aromatic nitrogens is 4. The van der Waals surface area contributed by atoms with Crippen LogP contribution in [0.5, 0.6) is 0 Å². The molecular formula is C14H15N5. The van der Waals surface area contributed by atoms with Crippen molar-refractivity contribution in [3.05, 3.63) is 54.6 Å². The molecule has 96 valence electrons. The van der Waals surface area contributed by atoms with Crippen molar-refractivity contribution in [2.75, 3.05) is 5.73 Å². The van der Waals surface area contributed by atoms with Gasteiger partial charge in [0.2, 0.25) is 0 Å². The second-order valence-electron chi connectivity index (χ2n) is 4.48. The lowest BCUT2D eigenvalue weighted by atomic mass is 10.2.